The van der Waals surface area contributed by atoms with Crippen LogP contribution in [0.15, 0.2) is 24.3 Å². The molecule has 1 aromatic carbocycles. The van der Waals surface area contributed by atoms with E-state index in [1.165, 1.54) is 0 Å². The van der Waals surface area contributed by atoms with E-state index in [-0.39, 0.29) is 11.9 Å². The maximum absolute atomic E-state index is 11.9. The van der Waals surface area contributed by atoms with Crippen LogP contribution in [-0.4, -0.2) is 18.5 Å². The molecule has 3 N–H and O–H groups in total. The van der Waals surface area contributed by atoms with Gasteiger partial charge in [0.15, 0.2) is 0 Å². The smallest absolute Gasteiger partial charge is 0.253 e. The van der Waals surface area contributed by atoms with Gasteiger partial charge >= 0.3 is 0 Å². The van der Waals surface area contributed by atoms with Gasteiger partial charge in [0.05, 0.1) is 10.6 Å². The molecule has 1 atom stereocenters. The van der Waals surface area contributed by atoms with Gasteiger partial charge in [-0.1, -0.05) is 23.7 Å². The second-order valence-electron chi connectivity index (χ2n) is 4.13. The molecule has 0 aromatic heterocycles. The highest BCUT2D eigenvalue weighted by Crippen LogP contribution is 2.32. The van der Waals surface area contributed by atoms with Crippen LogP contribution in [0, 0.1) is 5.92 Å². The highest BCUT2D eigenvalue weighted by atomic mass is 35.5. The van der Waals surface area contributed by atoms with E-state index in [1.807, 2.05) is 0 Å². The third-order valence-electron chi connectivity index (χ3n) is 2.88. The van der Waals surface area contributed by atoms with Crippen molar-refractivity contribution in [2.45, 2.75) is 18.9 Å². The van der Waals surface area contributed by atoms with Crippen molar-refractivity contribution in [3.8, 4) is 0 Å². The molecule has 1 unspecified atom stereocenters. The summed E-state index contributed by atoms with van der Waals surface area (Å²) in [5, 5.41) is 3.42. The van der Waals surface area contributed by atoms with Crippen LogP contribution in [0.2, 0.25) is 5.02 Å². The van der Waals surface area contributed by atoms with Gasteiger partial charge in [-0.2, -0.15) is 0 Å². The minimum atomic E-state index is -0.132. The van der Waals surface area contributed by atoms with Crippen molar-refractivity contribution >= 4 is 17.5 Å². The third kappa shape index (κ3) is 2.54. The summed E-state index contributed by atoms with van der Waals surface area (Å²) in [6.45, 7) is 0.487. The average Bonchev–Trinajstić information content (AvgIpc) is 3.10. The van der Waals surface area contributed by atoms with Crippen molar-refractivity contribution in [1.82, 2.24) is 5.32 Å². The Hall–Kier alpha value is -1.06. The average molecular weight is 239 g/mol. The summed E-state index contributed by atoms with van der Waals surface area (Å²) < 4.78 is 0. The molecule has 0 heterocycles. The van der Waals surface area contributed by atoms with Gasteiger partial charge in [0.1, 0.15) is 0 Å². The van der Waals surface area contributed by atoms with Gasteiger partial charge in [-0.05, 0) is 30.9 Å². The maximum atomic E-state index is 11.9. The molecule has 1 aromatic rings. The number of carbonyl (C=O) groups excluding carboxylic acids is 1. The number of hydrogen-bond acceptors (Lipinski definition) is 2. The van der Waals surface area contributed by atoms with Gasteiger partial charge in [-0.3, -0.25) is 4.79 Å². The summed E-state index contributed by atoms with van der Waals surface area (Å²) in [6.07, 6.45) is 2.31. The standard InChI is InChI=1S/C12H15ClN2O/c13-10-4-2-1-3-9(10)12(16)15-11(7-14)8-5-6-8/h1-4,8,11H,5-7,14H2,(H,15,16). The second kappa shape index (κ2) is 4.85. The summed E-state index contributed by atoms with van der Waals surface area (Å²) in [7, 11) is 0. The Kier molecular flexibility index (Phi) is 3.46. The lowest BCUT2D eigenvalue weighted by Crippen LogP contribution is -2.41. The Morgan fingerprint density at radius 2 is 2.19 bits per heavy atom. The van der Waals surface area contributed by atoms with Crippen molar-refractivity contribution in [1.29, 1.82) is 0 Å². The lowest BCUT2D eigenvalue weighted by Gasteiger charge is -2.16. The zero-order valence-corrected chi connectivity index (χ0v) is 9.70. The minimum absolute atomic E-state index is 0.0868. The van der Waals surface area contributed by atoms with Gasteiger partial charge in [-0.25, -0.2) is 0 Å². The molecule has 0 bridgehead atoms. The topological polar surface area (TPSA) is 55.1 Å². The number of rotatable bonds is 4. The van der Waals surface area contributed by atoms with Gasteiger partial charge < -0.3 is 11.1 Å². The Morgan fingerprint density at radius 3 is 2.75 bits per heavy atom. The van der Waals surface area contributed by atoms with E-state index in [0.717, 1.165) is 12.8 Å². The minimum Gasteiger partial charge on any atom is -0.348 e. The van der Waals surface area contributed by atoms with Crippen LogP contribution in [0.1, 0.15) is 23.2 Å². The van der Waals surface area contributed by atoms with Crippen molar-refractivity contribution in [2.24, 2.45) is 11.7 Å². The number of hydrogen-bond donors (Lipinski definition) is 2. The fraction of sp³-hybridized carbons (Fsp3) is 0.417. The number of halogens is 1. The second-order valence-corrected chi connectivity index (χ2v) is 4.54. The van der Waals surface area contributed by atoms with Gasteiger partial charge in [-0.15, -0.1) is 0 Å². The van der Waals surface area contributed by atoms with E-state index in [1.54, 1.807) is 24.3 Å². The van der Waals surface area contributed by atoms with Crippen LogP contribution < -0.4 is 11.1 Å². The van der Waals surface area contributed by atoms with E-state index in [4.69, 9.17) is 17.3 Å². The van der Waals surface area contributed by atoms with Gasteiger partial charge in [0.2, 0.25) is 0 Å². The molecule has 1 aliphatic carbocycles. The zero-order chi connectivity index (χ0) is 11.5. The van der Waals surface area contributed by atoms with Crippen LogP contribution in [0.5, 0.6) is 0 Å². The van der Waals surface area contributed by atoms with E-state index < -0.39 is 0 Å². The summed E-state index contributed by atoms with van der Waals surface area (Å²) in [5.41, 5.74) is 6.15. The molecule has 0 aliphatic heterocycles. The fourth-order valence-electron chi connectivity index (χ4n) is 1.76. The SMILES string of the molecule is NCC(NC(=O)c1ccccc1Cl)C1CC1. The summed E-state index contributed by atoms with van der Waals surface area (Å²) >= 11 is 5.95. The van der Waals surface area contributed by atoms with E-state index >= 15 is 0 Å². The van der Waals surface area contributed by atoms with Crippen molar-refractivity contribution < 1.29 is 4.79 Å². The van der Waals surface area contributed by atoms with Gasteiger partial charge in [0.25, 0.3) is 5.91 Å². The summed E-state index contributed by atoms with van der Waals surface area (Å²) in [5.74, 6) is 0.421. The first-order chi connectivity index (χ1) is 7.72. The van der Waals surface area contributed by atoms with E-state index in [0.29, 0.717) is 23.0 Å². The molecule has 2 rings (SSSR count). The van der Waals surface area contributed by atoms with Crippen LogP contribution in [-0.2, 0) is 0 Å². The van der Waals surface area contributed by atoms with E-state index in [9.17, 15) is 4.79 Å². The first kappa shape index (κ1) is 11.4. The first-order valence-corrected chi connectivity index (χ1v) is 5.85. The van der Waals surface area contributed by atoms with Crippen molar-refractivity contribution in [2.75, 3.05) is 6.54 Å². The predicted molar refractivity (Wildman–Crippen MR) is 64.5 cm³/mol. The number of carbonyl (C=O) groups is 1. The summed E-state index contributed by atoms with van der Waals surface area (Å²) in [4.78, 5) is 11.9. The first-order valence-electron chi connectivity index (χ1n) is 5.48. The molecule has 86 valence electrons. The maximum Gasteiger partial charge on any atom is 0.253 e. The Morgan fingerprint density at radius 1 is 1.50 bits per heavy atom. The molecule has 1 amide bonds. The zero-order valence-electron chi connectivity index (χ0n) is 8.95. The Labute approximate surface area is 100.0 Å². The molecule has 0 radical (unpaired) electrons. The molecule has 0 saturated heterocycles. The number of nitrogens with one attached hydrogen (secondary N) is 1. The number of nitrogens with two attached hydrogens (primary N) is 1. The molecule has 3 nitrogen and oxygen atoms in total. The van der Waals surface area contributed by atoms with Gasteiger partial charge in [0, 0.05) is 12.6 Å². The Balaban J connectivity index is 2.04. The predicted octanol–water partition coefficient (Wildman–Crippen LogP) is 1.81. The molecule has 0 spiro atoms. The lowest BCUT2D eigenvalue weighted by atomic mass is 10.1. The summed E-state index contributed by atoms with van der Waals surface area (Å²) in [6, 6.07) is 7.13. The number of benzene rings is 1. The normalized spacial score (nSPS) is 16.9. The van der Waals surface area contributed by atoms with Crippen LogP contribution >= 0.6 is 11.6 Å². The lowest BCUT2D eigenvalue weighted by molar-refractivity contribution is 0.0933. The van der Waals surface area contributed by atoms with Crippen LogP contribution in [0.3, 0.4) is 0 Å². The quantitative estimate of drug-likeness (QED) is 0.841. The highest BCUT2D eigenvalue weighted by molar-refractivity contribution is 6.33. The van der Waals surface area contributed by atoms with Crippen molar-refractivity contribution in [3.63, 3.8) is 0 Å². The Bertz CT molecular complexity index is 390. The van der Waals surface area contributed by atoms with Crippen molar-refractivity contribution in [3.05, 3.63) is 34.9 Å². The molecular weight excluding hydrogens is 224 g/mol. The fourth-order valence-corrected chi connectivity index (χ4v) is 1.98. The molecular formula is C12H15ClN2O. The van der Waals surface area contributed by atoms with E-state index in [2.05, 4.69) is 5.32 Å². The van der Waals surface area contributed by atoms with Crippen LogP contribution in [0.4, 0.5) is 0 Å². The monoisotopic (exact) mass is 238 g/mol. The molecule has 1 saturated carbocycles. The van der Waals surface area contributed by atoms with Crippen LogP contribution in [0.25, 0.3) is 0 Å². The highest BCUT2D eigenvalue weighted by Gasteiger charge is 2.31. The largest absolute Gasteiger partial charge is 0.348 e. The molecule has 4 heteroatoms. The molecule has 16 heavy (non-hydrogen) atoms. The molecule has 1 aliphatic rings. The molecule has 1 fully saturated rings. The number of amides is 1. The third-order valence-corrected chi connectivity index (χ3v) is 3.21.